The van der Waals surface area contributed by atoms with E-state index in [4.69, 9.17) is 4.98 Å². The van der Waals surface area contributed by atoms with E-state index in [0.717, 1.165) is 47.2 Å². The monoisotopic (exact) mass is 382 g/mol. The predicted molar refractivity (Wildman–Crippen MR) is 113 cm³/mol. The molecule has 6 nitrogen and oxygen atoms in total. The molecule has 0 unspecified atom stereocenters. The molecule has 7 heteroatoms. The molecule has 1 aliphatic carbocycles. The molecular formula is C20H26N6S. The lowest BCUT2D eigenvalue weighted by atomic mass is 10.2. The van der Waals surface area contributed by atoms with Crippen LogP contribution in [0.1, 0.15) is 35.9 Å². The van der Waals surface area contributed by atoms with Crippen molar-refractivity contribution < 1.29 is 0 Å². The standard InChI is InChI=1S/C20H26N6S/c1-13-22-17-11-15(7-8-18(17)27-13)23-19-12-16(14-5-6-14)24-20(25-19)21-9-4-10-26(2)3/h7-8,11-12,14H,4-6,9-10H2,1-3H3,(H2,21,23,24,25). The van der Waals surface area contributed by atoms with Crippen LogP contribution in [0.3, 0.4) is 0 Å². The average Bonchev–Trinajstić information content (AvgIpc) is 3.40. The minimum Gasteiger partial charge on any atom is -0.354 e. The number of aryl methyl sites for hydroxylation is 1. The number of aromatic nitrogens is 3. The maximum Gasteiger partial charge on any atom is 0.224 e. The van der Waals surface area contributed by atoms with Crippen molar-refractivity contribution in [2.75, 3.05) is 37.8 Å². The third-order valence-corrected chi connectivity index (χ3v) is 5.53. The Bertz CT molecular complexity index is 931. The van der Waals surface area contributed by atoms with Gasteiger partial charge in [0.05, 0.1) is 20.9 Å². The van der Waals surface area contributed by atoms with E-state index < -0.39 is 0 Å². The van der Waals surface area contributed by atoms with Crippen molar-refractivity contribution in [3.05, 3.63) is 35.0 Å². The molecule has 1 aliphatic rings. The number of hydrogen-bond acceptors (Lipinski definition) is 7. The number of nitrogens with one attached hydrogen (secondary N) is 2. The molecule has 1 fully saturated rings. The smallest absolute Gasteiger partial charge is 0.224 e. The highest BCUT2D eigenvalue weighted by molar-refractivity contribution is 7.18. The third-order valence-electron chi connectivity index (χ3n) is 4.57. The lowest BCUT2D eigenvalue weighted by Gasteiger charge is -2.12. The Morgan fingerprint density at radius 1 is 1.15 bits per heavy atom. The van der Waals surface area contributed by atoms with E-state index in [1.165, 1.54) is 17.5 Å². The third kappa shape index (κ3) is 4.73. The summed E-state index contributed by atoms with van der Waals surface area (Å²) in [6.45, 7) is 3.96. The second kappa shape index (κ2) is 7.78. The molecular weight excluding hydrogens is 356 g/mol. The van der Waals surface area contributed by atoms with Gasteiger partial charge in [-0.2, -0.15) is 4.98 Å². The number of anilines is 3. The maximum absolute atomic E-state index is 4.72. The predicted octanol–water partition coefficient (Wildman–Crippen LogP) is 4.38. The van der Waals surface area contributed by atoms with E-state index in [1.807, 2.05) is 6.92 Å². The van der Waals surface area contributed by atoms with E-state index in [-0.39, 0.29) is 0 Å². The van der Waals surface area contributed by atoms with Gasteiger partial charge in [-0.1, -0.05) is 0 Å². The zero-order valence-electron chi connectivity index (χ0n) is 16.1. The van der Waals surface area contributed by atoms with E-state index in [0.29, 0.717) is 11.9 Å². The Morgan fingerprint density at radius 3 is 2.78 bits per heavy atom. The highest BCUT2D eigenvalue weighted by Gasteiger charge is 2.26. The van der Waals surface area contributed by atoms with Gasteiger partial charge in [-0.15, -0.1) is 11.3 Å². The molecule has 1 saturated carbocycles. The number of thiazole rings is 1. The van der Waals surface area contributed by atoms with Gasteiger partial charge in [0.15, 0.2) is 0 Å². The summed E-state index contributed by atoms with van der Waals surface area (Å²) in [4.78, 5) is 16.2. The fourth-order valence-corrected chi connectivity index (χ4v) is 3.87. The number of hydrogen-bond donors (Lipinski definition) is 2. The van der Waals surface area contributed by atoms with Crippen molar-refractivity contribution in [3.8, 4) is 0 Å². The molecule has 0 aliphatic heterocycles. The Kier molecular flexibility index (Phi) is 5.22. The van der Waals surface area contributed by atoms with Crippen LogP contribution in [0.5, 0.6) is 0 Å². The van der Waals surface area contributed by atoms with Crippen molar-refractivity contribution in [1.29, 1.82) is 0 Å². The summed E-state index contributed by atoms with van der Waals surface area (Å²) < 4.78 is 1.21. The largest absolute Gasteiger partial charge is 0.354 e. The molecule has 0 radical (unpaired) electrons. The second-order valence-electron chi connectivity index (χ2n) is 7.40. The van der Waals surface area contributed by atoms with E-state index >= 15 is 0 Å². The lowest BCUT2D eigenvalue weighted by molar-refractivity contribution is 0.405. The highest BCUT2D eigenvalue weighted by Crippen LogP contribution is 2.40. The summed E-state index contributed by atoms with van der Waals surface area (Å²) in [7, 11) is 4.18. The van der Waals surface area contributed by atoms with Crippen LogP contribution in [0, 0.1) is 6.92 Å². The molecule has 3 aromatic rings. The van der Waals surface area contributed by atoms with Crippen LogP contribution in [0.2, 0.25) is 0 Å². The molecule has 2 heterocycles. The topological polar surface area (TPSA) is 66.0 Å². The number of nitrogens with zero attached hydrogens (tertiary/aromatic N) is 4. The van der Waals surface area contributed by atoms with Gasteiger partial charge in [0.1, 0.15) is 5.82 Å². The zero-order valence-corrected chi connectivity index (χ0v) is 16.9. The van der Waals surface area contributed by atoms with Gasteiger partial charge in [-0.3, -0.25) is 0 Å². The summed E-state index contributed by atoms with van der Waals surface area (Å²) in [5.74, 6) is 2.14. The Hall–Kier alpha value is -2.25. The Labute approximate surface area is 164 Å². The first-order valence-corrected chi connectivity index (χ1v) is 10.3. The molecule has 0 atom stereocenters. The van der Waals surface area contributed by atoms with Crippen molar-refractivity contribution in [2.45, 2.75) is 32.1 Å². The average molecular weight is 383 g/mol. The van der Waals surface area contributed by atoms with Gasteiger partial charge in [-0.25, -0.2) is 9.97 Å². The first kappa shape index (κ1) is 18.1. The van der Waals surface area contributed by atoms with Gasteiger partial charge in [0.2, 0.25) is 5.95 Å². The zero-order chi connectivity index (χ0) is 18.8. The van der Waals surface area contributed by atoms with Crippen LogP contribution < -0.4 is 10.6 Å². The van der Waals surface area contributed by atoms with Crippen LogP contribution >= 0.6 is 11.3 Å². The summed E-state index contributed by atoms with van der Waals surface area (Å²) in [6, 6.07) is 8.37. The van der Waals surface area contributed by atoms with Crippen molar-refractivity contribution in [3.63, 3.8) is 0 Å². The summed E-state index contributed by atoms with van der Waals surface area (Å²) in [5, 5.41) is 7.91. The molecule has 1 aromatic carbocycles. The van der Waals surface area contributed by atoms with Crippen LogP contribution in [0.4, 0.5) is 17.5 Å². The van der Waals surface area contributed by atoms with Gasteiger partial charge in [0, 0.05) is 24.2 Å². The maximum atomic E-state index is 4.72. The van der Waals surface area contributed by atoms with Gasteiger partial charge in [-0.05, 0) is 65.0 Å². The first-order chi connectivity index (χ1) is 13.1. The normalized spacial score (nSPS) is 14.1. The molecule has 142 valence electrons. The summed E-state index contributed by atoms with van der Waals surface area (Å²) >= 11 is 1.72. The van der Waals surface area contributed by atoms with Crippen LogP contribution in [0.25, 0.3) is 10.2 Å². The second-order valence-corrected chi connectivity index (χ2v) is 8.63. The Balaban J connectivity index is 1.51. The number of fused-ring (bicyclic) bond motifs is 1. The van der Waals surface area contributed by atoms with E-state index in [2.05, 4.69) is 63.9 Å². The van der Waals surface area contributed by atoms with E-state index in [9.17, 15) is 0 Å². The van der Waals surface area contributed by atoms with Crippen molar-refractivity contribution >= 4 is 39.0 Å². The fourth-order valence-electron chi connectivity index (χ4n) is 3.06. The molecule has 0 amide bonds. The minimum absolute atomic E-state index is 0.583. The van der Waals surface area contributed by atoms with Crippen LogP contribution in [-0.4, -0.2) is 47.0 Å². The molecule has 2 N–H and O–H groups in total. The van der Waals surface area contributed by atoms with Gasteiger partial charge >= 0.3 is 0 Å². The molecule has 2 aromatic heterocycles. The quantitative estimate of drug-likeness (QED) is 0.564. The van der Waals surface area contributed by atoms with Crippen molar-refractivity contribution in [2.24, 2.45) is 0 Å². The minimum atomic E-state index is 0.583. The molecule has 0 saturated heterocycles. The lowest BCUT2D eigenvalue weighted by Crippen LogP contribution is -2.17. The number of benzene rings is 1. The van der Waals surface area contributed by atoms with Crippen LogP contribution in [-0.2, 0) is 0 Å². The molecule has 4 rings (SSSR count). The first-order valence-electron chi connectivity index (χ1n) is 9.48. The van der Waals surface area contributed by atoms with Gasteiger partial charge in [0.25, 0.3) is 0 Å². The van der Waals surface area contributed by atoms with E-state index in [1.54, 1.807) is 11.3 Å². The SMILES string of the molecule is Cc1nc2cc(Nc3cc(C4CC4)nc(NCCCN(C)C)n3)ccc2s1. The molecule has 27 heavy (non-hydrogen) atoms. The highest BCUT2D eigenvalue weighted by atomic mass is 32.1. The number of rotatable bonds is 8. The fraction of sp³-hybridized carbons (Fsp3) is 0.450. The van der Waals surface area contributed by atoms with Crippen molar-refractivity contribution in [1.82, 2.24) is 19.9 Å². The summed E-state index contributed by atoms with van der Waals surface area (Å²) in [5.41, 5.74) is 3.17. The molecule has 0 bridgehead atoms. The van der Waals surface area contributed by atoms with Gasteiger partial charge < -0.3 is 15.5 Å². The molecule has 0 spiro atoms. The van der Waals surface area contributed by atoms with Crippen LogP contribution in [0.15, 0.2) is 24.3 Å². The summed E-state index contributed by atoms with van der Waals surface area (Å²) in [6.07, 6.45) is 3.51. The Morgan fingerprint density at radius 2 is 2.00 bits per heavy atom.